The van der Waals surface area contributed by atoms with Gasteiger partial charge in [-0.25, -0.2) is 4.79 Å². The summed E-state index contributed by atoms with van der Waals surface area (Å²) in [5, 5.41) is 0. The van der Waals surface area contributed by atoms with E-state index in [4.69, 9.17) is 4.74 Å². The first kappa shape index (κ1) is 20.8. The van der Waals surface area contributed by atoms with Crippen molar-refractivity contribution in [2.75, 3.05) is 63.9 Å². The third-order valence-corrected chi connectivity index (χ3v) is 6.51. The lowest BCUT2D eigenvalue weighted by molar-refractivity contribution is -0.137. The van der Waals surface area contributed by atoms with E-state index in [-0.39, 0.29) is 17.9 Å². The van der Waals surface area contributed by atoms with Gasteiger partial charge < -0.3 is 24.3 Å². The van der Waals surface area contributed by atoms with Crippen molar-refractivity contribution in [3.63, 3.8) is 0 Å². The van der Waals surface area contributed by atoms with E-state index in [2.05, 4.69) is 11.0 Å². The van der Waals surface area contributed by atoms with Gasteiger partial charge in [-0.2, -0.15) is 0 Å². The Labute approximate surface area is 179 Å². The number of anilines is 1. The van der Waals surface area contributed by atoms with Gasteiger partial charge in [-0.15, -0.1) is 0 Å². The van der Waals surface area contributed by atoms with Crippen LogP contribution in [0, 0.1) is 5.92 Å². The van der Waals surface area contributed by atoms with Gasteiger partial charge in [-0.3, -0.25) is 4.79 Å². The predicted octanol–water partition coefficient (Wildman–Crippen LogP) is 2.66. The zero-order valence-electron chi connectivity index (χ0n) is 18.1. The fourth-order valence-corrected chi connectivity index (χ4v) is 4.88. The molecule has 0 saturated carbocycles. The lowest BCUT2D eigenvalue weighted by Crippen LogP contribution is -2.54. The lowest BCUT2D eigenvalue weighted by Gasteiger charge is -2.40. The predicted molar refractivity (Wildman–Crippen MR) is 117 cm³/mol. The van der Waals surface area contributed by atoms with Gasteiger partial charge in [-0.05, 0) is 44.7 Å². The molecule has 164 valence electrons. The first-order chi connectivity index (χ1) is 14.7. The molecule has 3 fully saturated rings. The summed E-state index contributed by atoms with van der Waals surface area (Å²) >= 11 is 0. The average molecular weight is 415 g/mol. The standard InChI is InChI=1S/C23H34N4O3/c1-2-30-21-10-4-3-9-20(21)24-14-16-25(17-15-24)22(28)19-8-7-13-27(18-19)23(29)26-11-5-6-12-26/h3-4,9-10,19H,2,5-8,11-18H2,1H3. The molecule has 1 unspecified atom stereocenters. The lowest BCUT2D eigenvalue weighted by atomic mass is 9.96. The van der Waals surface area contributed by atoms with Gasteiger partial charge in [0, 0.05) is 52.4 Å². The number of piperidine rings is 1. The summed E-state index contributed by atoms with van der Waals surface area (Å²) in [7, 11) is 0. The molecule has 0 bridgehead atoms. The zero-order valence-corrected chi connectivity index (χ0v) is 18.1. The number of hydrogen-bond acceptors (Lipinski definition) is 4. The Morgan fingerprint density at radius 2 is 1.60 bits per heavy atom. The van der Waals surface area contributed by atoms with Crippen LogP contribution in [0.5, 0.6) is 5.75 Å². The number of hydrogen-bond donors (Lipinski definition) is 0. The number of nitrogens with zero attached hydrogens (tertiary/aromatic N) is 4. The quantitative estimate of drug-likeness (QED) is 0.760. The highest BCUT2D eigenvalue weighted by atomic mass is 16.5. The van der Waals surface area contributed by atoms with Gasteiger partial charge in [0.15, 0.2) is 0 Å². The summed E-state index contributed by atoms with van der Waals surface area (Å²) < 4.78 is 5.77. The Bertz CT molecular complexity index is 742. The van der Waals surface area contributed by atoms with Crippen LogP contribution in [0.4, 0.5) is 10.5 Å². The molecule has 1 aromatic rings. The molecule has 3 amide bonds. The molecule has 7 nitrogen and oxygen atoms in total. The molecule has 30 heavy (non-hydrogen) atoms. The summed E-state index contributed by atoms with van der Waals surface area (Å²) in [6, 6.07) is 8.24. The monoisotopic (exact) mass is 414 g/mol. The molecule has 0 aromatic heterocycles. The fraction of sp³-hybridized carbons (Fsp3) is 0.652. The van der Waals surface area contributed by atoms with Crippen LogP contribution >= 0.6 is 0 Å². The summed E-state index contributed by atoms with van der Waals surface area (Å²) in [6.45, 7) is 8.75. The Balaban J connectivity index is 1.32. The molecule has 3 aliphatic rings. The Hall–Kier alpha value is -2.44. The average Bonchev–Trinajstić information content (AvgIpc) is 3.34. The summed E-state index contributed by atoms with van der Waals surface area (Å²) in [6.07, 6.45) is 3.99. The molecule has 3 aliphatic heterocycles. The highest BCUT2D eigenvalue weighted by Crippen LogP contribution is 2.29. The number of piperazine rings is 1. The third-order valence-electron chi connectivity index (χ3n) is 6.51. The number of carbonyl (C=O) groups excluding carboxylic acids is 2. The third kappa shape index (κ3) is 4.50. The second-order valence-electron chi connectivity index (χ2n) is 8.47. The zero-order chi connectivity index (χ0) is 20.9. The van der Waals surface area contributed by atoms with E-state index >= 15 is 0 Å². The van der Waals surface area contributed by atoms with Crippen molar-refractivity contribution in [1.82, 2.24) is 14.7 Å². The van der Waals surface area contributed by atoms with E-state index in [1.54, 1.807) is 0 Å². The molecule has 1 atom stereocenters. The normalized spacial score (nSPS) is 22.4. The molecule has 0 radical (unpaired) electrons. The molecule has 0 aliphatic carbocycles. The van der Waals surface area contributed by atoms with Crippen LogP contribution in [0.2, 0.25) is 0 Å². The van der Waals surface area contributed by atoms with Crippen molar-refractivity contribution >= 4 is 17.6 Å². The van der Waals surface area contributed by atoms with Crippen LogP contribution in [-0.2, 0) is 4.79 Å². The number of rotatable bonds is 4. The van der Waals surface area contributed by atoms with Gasteiger partial charge in [0.25, 0.3) is 0 Å². The summed E-state index contributed by atoms with van der Waals surface area (Å²) in [5.41, 5.74) is 1.10. The number of amides is 3. The number of likely N-dealkylation sites (tertiary alicyclic amines) is 2. The Kier molecular flexibility index (Phi) is 6.65. The van der Waals surface area contributed by atoms with Crippen molar-refractivity contribution in [3.8, 4) is 5.75 Å². The van der Waals surface area contributed by atoms with Crippen LogP contribution in [0.25, 0.3) is 0 Å². The van der Waals surface area contributed by atoms with Crippen molar-refractivity contribution < 1.29 is 14.3 Å². The van der Waals surface area contributed by atoms with Gasteiger partial charge in [0.2, 0.25) is 5.91 Å². The van der Waals surface area contributed by atoms with Crippen LogP contribution in [-0.4, -0.2) is 85.6 Å². The molecule has 0 spiro atoms. The van der Waals surface area contributed by atoms with Crippen molar-refractivity contribution in [2.24, 2.45) is 5.92 Å². The van der Waals surface area contributed by atoms with Crippen LogP contribution in [0.3, 0.4) is 0 Å². The molecule has 0 N–H and O–H groups in total. The van der Waals surface area contributed by atoms with Gasteiger partial charge in [0.05, 0.1) is 18.2 Å². The van der Waals surface area contributed by atoms with Crippen LogP contribution in [0.1, 0.15) is 32.6 Å². The SMILES string of the molecule is CCOc1ccccc1N1CCN(C(=O)C2CCCN(C(=O)N3CCCC3)C2)CC1. The number of urea groups is 1. The first-order valence-corrected chi connectivity index (χ1v) is 11.5. The van der Waals surface area contributed by atoms with Crippen molar-refractivity contribution in [1.29, 1.82) is 0 Å². The largest absolute Gasteiger partial charge is 0.492 e. The molecule has 7 heteroatoms. The Morgan fingerprint density at radius 1 is 0.900 bits per heavy atom. The van der Waals surface area contributed by atoms with E-state index in [0.29, 0.717) is 13.2 Å². The van der Waals surface area contributed by atoms with E-state index in [1.807, 2.05) is 39.8 Å². The Morgan fingerprint density at radius 3 is 2.33 bits per heavy atom. The van der Waals surface area contributed by atoms with Gasteiger partial charge in [-0.1, -0.05) is 12.1 Å². The highest BCUT2D eigenvalue weighted by molar-refractivity contribution is 5.81. The maximum atomic E-state index is 13.2. The van der Waals surface area contributed by atoms with E-state index in [0.717, 1.165) is 82.9 Å². The number of para-hydroxylation sites is 2. The maximum Gasteiger partial charge on any atom is 0.320 e. The van der Waals surface area contributed by atoms with E-state index in [1.165, 1.54) is 0 Å². The molecule has 3 saturated heterocycles. The fourth-order valence-electron chi connectivity index (χ4n) is 4.88. The number of benzene rings is 1. The smallest absolute Gasteiger partial charge is 0.320 e. The number of carbonyl (C=O) groups is 2. The topological polar surface area (TPSA) is 56.3 Å². The maximum absolute atomic E-state index is 13.2. The minimum Gasteiger partial charge on any atom is -0.492 e. The molecular weight excluding hydrogens is 380 g/mol. The second-order valence-corrected chi connectivity index (χ2v) is 8.47. The molecule has 4 rings (SSSR count). The minimum absolute atomic E-state index is 0.0624. The van der Waals surface area contributed by atoms with Crippen molar-refractivity contribution in [2.45, 2.75) is 32.6 Å². The second kappa shape index (κ2) is 9.58. The van der Waals surface area contributed by atoms with Crippen molar-refractivity contribution in [3.05, 3.63) is 24.3 Å². The van der Waals surface area contributed by atoms with Crippen LogP contribution in [0.15, 0.2) is 24.3 Å². The van der Waals surface area contributed by atoms with E-state index in [9.17, 15) is 9.59 Å². The van der Waals surface area contributed by atoms with E-state index < -0.39 is 0 Å². The number of ether oxygens (including phenoxy) is 1. The summed E-state index contributed by atoms with van der Waals surface area (Å²) in [4.78, 5) is 34.1. The molecular formula is C23H34N4O3. The van der Waals surface area contributed by atoms with Gasteiger partial charge in [0.1, 0.15) is 5.75 Å². The minimum atomic E-state index is -0.0624. The van der Waals surface area contributed by atoms with Crippen LogP contribution < -0.4 is 9.64 Å². The molecule has 1 aromatic carbocycles. The molecule has 3 heterocycles. The van der Waals surface area contributed by atoms with Gasteiger partial charge >= 0.3 is 6.03 Å². The first-order valence-electron chi connectivity index (χ1n) is 11.5. The highest BCUT2D eigenvalue weighted by Gasteiger charge is 2.34. The summed E-state index contributed by atoms with van der Waals surface area (Å²) in [5.74, 6) is 1.06.